The van der Waals surface area contributed by atoms with E-state index in [1.807, 2.05) is 0 Å². The van der Waals surface area contributed by atoms with Crippen molar-refractivity contribution in [2.75, 3.05) is 0 Å². The average Bonchev–Trinajstić information content (AvgIpc) is 2.21. The number of rotatable bonds is 4. The van der Waals surface area contributed by atoms with Crippen molar-refractivity contribution in [3.8, 4) is 0 Å². The Hall–Kier alpha value is -0.300. The van der Waals surface area contributed by atoms with Crippen LogP contribution in [0.2, 0.25) is 0 Å². The molecule has 0 spiro atoms. The Bertz CT molecular complexity index is 231. The van der Waals surface area contributed by atoms with E-state index in [1.54, 1.807) is 0 Å². The zero-order valence-corrected chi connectivity index (χ0v) is 10.7. The highest BCUT2D eigenvalue weighted by atomic mass is 16.3. The molecule has 0 saturated heterocycles. The number of aliphatic hydroxyl groups is 1. The van der Waals surface area contributed by atoms with Gasteiger partial charge < -0.3 is 5.11 Å². The van der Waals surface area contributed by atoms with Crippen molar-refractivity contribution in [3.05, 3.63) is 11.6 Å². The molecule has 1 N–H and O–H groups in total. The van der Waals surface area contributed by atoms with Crippen LogP contribution in [0.4, 0.5) is 0 Å². The molecule has 0 saturated carbocycles. The third kappa shape index (κ3) is 3.34. The minimum atomic E-state index is -0.0963. The minimum absolute atomic E-state index is 0.0963. The van der Waals surface area contributed by atoms with Gasteiger partial charge in [0, 0.05) is 0 Å². The Morgan fingerprint density at radius 2 is 2.27 bits per heavy atom. The van der Waals surface area contributed by atoms with E-state index in [1.165, 1.54) is 18.4 Å². The van der Waals surface area contributed by atoms with Gasteiger partial charge in [-0.15, -0.1) is 0 Å². The lowest BCUT2D eigenvalue weighted by Crippen LogP contribution is -2.28. The van der Waals surface area contributed by atoms with Crippen molar-refractivity contribution in [3.63, 3.8) is 0 Å². The smallest absolute Gasteiger partial charge is 0.0537 e. The van der Waals surface area contributed by atoms with Gasteiger partial charge in [-0.2, -0.15) is 0 Å². The number of hydrogen-bond donors (Lipinski definition) is 1. The van der Waals surface area contributed by atoms with Crippen LogP contribution in [0.5, 0.6) is 0 Å². The van der Waals surface area contributed by atoms with Gasteiger partial charge in [0.15, 0.2) is 0 Å². The molecule has 0 aliphatic heterocycles. The summed E-state index contributed by atoms with van der Waals surface area (Å²) in [5.74, 6) is 0.662. The predicted octanol–water partition coefficient (Wildman–Crippen LogP) is 3.92. The van der Waals surface area contributed by atoms with Crippen LogP contribution in [-0.4, -0.2) is 11.2 Å². The molecule has 0 aromatic heterocycles. The highest BCUT2D eigenvalue weighted by Gasteiger charge is 2.32. The lowest BCUT2D eigenvalue weighted by molar-refractivity contribution is 0.112. The van der Waals surface area contributed by atoms with Gasteiger partial charge >= 0.3 is 0 Å². The van der Waals surface area contributed by atoms with Gasteiger partial charge in [0.05, 0.1) is 6.10 Å². The summed E-state index contributed by atoms with van der Waals surface area (Å²) in [5, 5.41) is 9.63. The quantitative estimate of drug-likeness (QED) is 0.697. The van der Waals surface area contributed by atoms with Gasteiger partial charge in [0.2, 0.25) is 0 Å². The van der Waals surface area contributed by atoms with E-state index >= 15 is 0 Å². The molecule has 1 aliphatic rings. The van der Waals surface area contributed by atoms with E-state index in [0.29, 0.717) is 11.3 Å². The molecule has 88 valence electrons. The Morgan fingerprint density at radius 1 is 1.60 bits per heavy atom. The van der Waals surface area contributed by atoms with Crippen LogP contribution >= 0.6 is 0 Å². The van der Waals surface area contributed by atoms with E-state index < -0.39 is 0 Å². The van der Waals surface area contributed by atoms with Gasteiger partial charge in [0.25, 0.3) is 0 Å². The molecule has 0 aromatic rings. The number of aliphatic hydroxyl groups excluding tert-OH is 1. The van der Waals surface area contributed by atoms with Gasteiger partial charge in [0.1, 0.15) is 0 Å². The van der Waals surface area contributed by atoms with Crippen molar-refractivity contribution in [2.24, 2.45) is 11.3 Å². The van der Waals surface area contributed by atoms with Crippen LogP contribution in [0.3, 0.4) is 0 Å². The van der Waals surface area contributed by atoms with Crippen LogP contribution in [0, 0.1) is 11.3 Å². The predicted molar refractivity (Wildman–Crippen MR) is 65.8 cm³/mol. The molecule has 3 unspecified atom stereocenters. The Morgan fingerprint density at radius 3 is 2.80 bits per heavy atom. The monoisotopic (exact) mass is 210 g/mol. The van der Waals surface area contributed by atoms with E-state index in [4.69, 9.17) is 0 Å². The minimum Gasteiger partial charge on any atom is -0.393 e. The molecule has 15 heavy (non-hydrogen) atoms. The molecule has 0 bridgehead atoms. The first-order valence-corrected chi connectivity index (χ1v) is 6.33. The standard InChI is InChI=1S/C14H26O/c1-5-13(15)7-9-14(4)8-6-11(2)10-12(14)3/h10,12-13,15H,5-9H2,1-4H3. The maximum absolute atomic E-state index is 9.63. The van der Waals surface area contributed by atoms with Crippen LogP contribution in [0.15, 0.2) is 11.6 Å². The Labute approximate surface area is 94.6 Å². The molecule has 1 rings (SSSR count). The second kappa shape index (κ2) is 5.16. The fraction of sp³-hybridized carbons (Fsp3) is 0.857. The summed E-state index contributed by atoms with van der Waals surface area (Å²) < 4.78 is 0. The molecule has 0 amide bonds. The van der Waals surface area contributed by atoms with Crippen LogP contribution in [0.25, 0.3) is 0 Å². The molecule has 0 aromatic carbocycles. The topological polar surface area (TPSA) is 20.2 Å². The fourth-order valence-corrected chi connectivity index (χ4v) is 2.47. The van der Waals surface area contributed by atoms with Gasteiger partial charge in [-0.3, -0.25) is 0 Å². The maximum atomic E-state index is 9.63. The molecular formula is C14H26O. The van der Waals surface area contributed by atoms with Gasteiger partial charge in [-0.05, 0) is 50.4 Å². The van der Waals surface area contributed by atoms with E-state index in [-0.39, 0.29) is 6.10 Å². The summed E-state index contributed by atoms with van der Waals surface area (Å²) in [7, 11) is 0. The summed E-state index contributed by atoms with van der Waals surface area (Å²) in [6.07, 6.45) is 7.86. The molecular weight excluding hydrogens is 184 g/mol. The summed E-state index contributed by atoms with van der Waals surface area (Å²) in [6.45, 7) is 8.99. The fourth-order valence-electron chi connectivity index (χ4n) is 2.47. The molecule has 3 atom stereocenters. The van der Waals surface area contributed by atoms with E-state index in [9.17, 15) is 5.11 Å². The van der Waals surface area contributed by atoms with Gasteiger partial charge in [-0.1, -0.05) is 32.4 Å². The lowest BCUT2D eigenvalue weighted by Gasteiger charge is -2.38. The molecule has 0 fully saturated rings. The SMILES string of the molecule is CCC(O)CCC1(C)CCC(C)=CC1C. The zero-order chi connectivity index (χ0) is 11.5. The highest BCUT2D eigenvalue weighted by Crippen LogP contribution is 2.43. The lowest BCUT2D eigenvalue weighted by atomic mass is 9.67. The first-order chi connectivity index (χ1) is 6.98. The van der Waals surface area contributed by atoms with Crippen molar-refractivity contribution >= 4 is 0 Å². The summed E-state index contributed by atoms with van der Waals surface area (Å²) in [6, 6.07) is 0. The van der Waals surface area contributed by atoms with Crippen molar-refractivity contribution in [1.82, 2.24) is 0 Å². The third-order valence-corrected chi connectivity index (χ3v) is 4.24. The van der Waals surface area contributed by atoms with Crippen molar-refractivity contribution in [1.29, 1.82) is 0 Å². The normalized spacial score (nSPS) is 33.7. The molecule has 1 heteroatoms. The summed E-state index contributed by atoms with van der Waals surface area (Å²) in [4.78, 5) is 0. The molecule has 1 aliphatic carbocycles. The average molecular weight is 210 g/mol. The van der Waals surface area contributed by atoms with Crippen LogP contribution in [-0.2, 0) is 0 Å². The summed E-state index contributed by atoms with van der Waals surface area (Å²) in [5.41, 5.74) is 1.95. The summed E-state index contributed by atoms with van der Waals surface area (Å²) >= 11 is 0. The second-order valence-corrected chi connectivity index (χ2v) is 5.56. The highest BCUT2D eigenvalue weighted by molar-refractivity contribution is 5.09. The molecule has 0 radical (unpaired) electrons. The van der Waals surface area contributed by atoms with Crippen molar-refractivity contribution < 1.29 is 5.11 Å². The number of allylic oxidation sites excluding steroid dienone is 2. The van der Waals surface area contributed by atoms with Gasteiger partial charge in [-0.25, -0.2) is 0 Å². The van der Waals surface area contributed by atoms with E-state index in [2.05, 4.69) is 33.8 Å². The Balaban J connectivity index is 2.52. The molecule has 1 nitrogen and oxygen atoms in total. The van der Waals surface area contributed by atoms with Crippen molar-refractivity contribution in [2.45, 2.75) is 65.9 Å². The largest absolute Gasteiger partial charge is 0.393 e. The van der Waals surface area contributed by atoms with Crippen LogP contribution < -0.4 is 0 Å². The first kappa shape index (κ1) is 12.8. The zero-order valence-electron chi connectivity index (χ0n) is 10.7. The third-order valence-electron chi connectivity index (χ3n) is 4.24. The van der Waals surface area contributed by atoms with E-state index in [0.717, 1.165) is 19.3 Å². The van der Waals surface area contributed by atoms with Crippen LogP contribution in [0.1, 0.15) is 59.8 Å². The number of hydrogen-bond acceptors (Lipinski definition) is 1. The molecule has 0 heterocycles. The first-order valence-electron chi connectivity index (χ1n) is 6.33. The maximum Gasteiger partial charge on any atom is 0.0537 e. The second-order valence-electron chi connectivity index (χ2n) is 5.56. The Kier molecular flexibility index (Phi) is 4.39.